The lowest BCUT2D eigenvalue weighted by Gasteiger charge is -2.11. The minimum absolute atomic E-state index is 0.486. The number of rotatable bonds is 6. The Hall–Kier alpha value is -0.640. The van der Waals surface area contributed by atoms with Crippen LogP contribution in [0.2, 0.25) is 0 Å². The summed E-state index contributed by atoms with van der Waals surface area (Å²) in [6.07, 6.45) is 3.02. The summed E-state index contributed by atoms with van der Waals surface area (Å²) in [5, 5.41) is 3.34. The molecule has 14 heavy (non-hydrogen) atoms. The van der Waals surface area contributed by atoms with Crippen molar-refractivity contribution in [2.45, 2.75) is 33.2 Å². The zero-order chi connectivity index (χ0) is 10.4. The molecule has 2 N–H and O–H groups in total. The largest absolute Gasteiger partial charge is 0.353 e. The molecule has 0 aliphatic heterocycles. The van der Waals surface area contributed by atoms with Gasteiger partial charge in [0.15, 0.2) is 5.95 Å². The molecule has 0 aromatic carbocycles. The van der Waals surface area contributed by atoms with Crippen molar-refractivity contribution >= 4 is 17.7 Å². The molecule has 4 heteroatoms. The molecule has 0 spiro atoms. The molecule has 1 atom stereocenters. The Kier molecular flexibility index (Phi) is 4.87. The third kappa shape index (κ3) is 4.05. The Bertz CT molecular complexity index is 260. The molecule has 1 rings (SSSR count). The molecule has 0 fully saturated rings. The SMILES string of the molecule is CCSCCC(C)Nc1ncc(C)[nH]1. The van der Waals surface area contributed by atoms with Gasteiger partial charge < -0.3 is 10.3 Å². The van der Waals surface area contributed by atoms with Crippen molar-refractivity contribution in [2.75, 3.05) is 16.8 Å². The lowest BCUT2D eigenvalue weighted by Crippen LogP contribution is -2.16. The molecule has 0 saturated carbocycles. The Morgan fingerprint density at radius 2 is 2.43 bits per heavy atom. The van der Waals surface area contributed by atoms with Crippen molar-refractivity contribution in [3.63, 3.8) is 0 Å². The number of nitrogens with zero attached hydrogens (tertiary/aromatic N) is 1. The van der Waals surface area contributed by atoms with E-state index >= 15 is 0 Å². The monoisotopic (exact) mass is 213 g/mol. The molecular formula is C10H19N3S. The predicted octanol–water partition coefficient (Wildman–Crippen LogP) is 2.66. The molecule has 1 heterocycles. The highest BCUT2D eigenvalue weighted by Crippen LogP contribution is 2.08. The van der Waals surface area contributed by atoms with Crippen LogP contribution in [0.1, 0.15) is 26.0 Å². The average molecular weight is 213 g/mol. The van der Waals surface area contributed by atoms with Crippen LogP contribution < -0.4 is 5.32 Å². The van der Waals surface area contributed by atoms with E-state index in [1.807, 2.05) is 24.9 Å². The molecule has 0 amide bonds. The number of anilines is 1. The summed E-state index contributed by atoms with van der Waals surface area (Å²) in [5.74, 6) is 3.30. The van der Waals surface area contributed by atoms with Crippen LogP contribution in [0, 0.1) is 6.92 Å². The molecule has 0 saturated heterocycles. The van der Waals surface area contributed by atoms with Crippen molar-refractivity contribution in [2.24, 2.45) is 0 Å². The first kappa shape index (κ1) is 11.4. The van der Waals surface area contributed by atoms with E-state index < -0.39 is 0 Å². The first-order valence-electron chi connectivity index (χ1n) is 5.08. The number of H-pyrrole nitrogens is 1. The van der Waals surface area contributed by atoms with Gasteiger partial charge in [-0.15, -0.1) is 0 Å². The fourth-order valence-electron chi connectivity index (χ4n) is 1.20. The lowest BCUT2D eigenvalue weighted by atomic mass is 10.3. The molecule has 80 valence electrons. The Morgan fingerprint density at radius 3 is 3.00 bits per heavy atom. The third-order valence-electron chi connectivity index (χ3n) is 1.99. The van der Waals surface area contributed by atoms with Gasteiger partial charge in [-0.1, -0.05) is 6.92 Å². The number of aromatic amines is 1. The first-order valence-corrected chi connectivity index (χ1v) is 6.23. The molecule has 1 aromatic rings. The van der Waals surface area contributed by atoms with Crippen molar-refractivity contribution in [3.8, 4) is 0 Å². The molecule has 3 nitrogen and oxygen atoms in total. The molecule has 0 radical (unpaired) electrons. The van der Waals surface area contributed by atoms with Crippen LogP contribution in [0.4, 0.5) is 5.95 Å². The van der Waals surface area contributed by atoms with E-state index in [0.29, 0.717) is 6.04 Å². The topological polar surface area (TPSA) is 40.7 Å². The lowest BCUT2D eigenvalue weighted by molar-refractivity contribution is 0.762. The second-order valence-corrected chi connectivity index (χ2v) is 4.84. The normalized spacial score (nSPS) is 12.8. The predicted molar refractivity (Wildman–Crippen MR) is 64.0 cm³/mol. The van der Waals surface area contributed by atoms with E-state index in [2.05, 4.69) is 29.1 Å². The quantitative estimate of drug-likeness (QED) is 0.714. The summed E-state index contributed by atoms with van der Waals surface area (Å²) in [6.45, 7) is 6.39. The molecule has 1 unspecified atom stereocenters. The maximum absolute atomic E-state index is 4.21. The number of hydrogen-bond acceptors (Lipinski definition) is 3. The van der Waals surface area contributed by atoms with E-state index in [0.717, 1.165) is 11.6 Å². The highest BCUT2D eigenvalue weighted by molar-refractivity contribution is 7.99. The van der Waals surface area contributed by atoms with Crippen molar-refractivity contribution in [3.05, 3.63) is 11.9 Å². The number of thioether (sulfide) groups is 1. The zero-order valence-corrected chi connectivity index (χ0v) is 9.95. The van der Waals surface area contributed by atoms with Crippen LogP contribution in [0.25, 0.3) is 0 Å². The van der Waals surface area contributed by atoms with Crippen molar-refractivity contribution < 1.29 is 0 Å². The number of imidazole rings is 1. The molecule has 0 aliphatic rings. The van der Waals surface area contributed by atoms with Crippen molar-refractivity contribution in [1.82, 2.24) is 9.97 Å². The average Bonchev–Trinajstić information content (AvgIpc) is 2.52. The third-order valence-corrected chi connectivity index (χ3v) is 2.92. The number of aryl methyl sites for hydroxylation is 1. The van der Waals surface area contributed by atoms with Gasteiger partial charge >= 0.3 is 0 Å². The van der Waals surface area contributed by atoms with Gasteiger partial charge in [-0.25, -0.2) is 4.98 Å². The number of nitrogens with one attached hydrogen (secondary N) is 2. The highest BCUT2D eigenvalue weighted by atomic mass is 32.2. The summed E-state index contributed by atoms with van der Waals surface area (Å²) in [6, 6.07) is 0.486. The Labute approximate surface area is 90.1 Å². The molecule has 0 aliphatic carbocycles. The van der Waals surface area contributed by atoms with Gasteiger partial charge in [0.2, 0.25) is 0 Å². The van der Waals surface area contributed by atoms with Gasteiger partial charge in [-0.05, 0) is 31.8 Å². The van der Waals surface area contributed by atoms with Crippen LogP contribution in [0.5, 0.6) is 0 Å². The second kappa shape index (κ2) is 5.96. The summed E-state index contributed by atoms with van der Waals surface area (Å²) in [7, 11) is 0. The van der Waals surface area contributed by atoms with E-state index in [1.54, 1.807) is 0 Å². The van der Waals surface area contributed by atoms with Gasteiger partial charge in [0, 0.05) is 17.9 Å². The summed E-state index contributed by atoms with van der Waals surface area (Å²) in [4.78, 5) is 7.38. The van der Waals surface area contributed by atoms with Crippen LogP contribution in [0.15, 0.2) is 6.20 Å². The first-order chi connectivity index (χ1) is 6.72. The van der Waals surface area contributed by atoms with Crippen molar-refractivity contribution in [1.29, 1.82) is 0 Å². The van der Waals surface area contributed by atoms with Gasteiger partial charge in [0.1, 0.15) is 0 Å². The summed E-state index contributed by atoms with van der Waals surface area (Å²) in [5.41, 5.74) is 1.10. The highest BCUT2D eigenvalue weighted by Gasteiger charge is 2.03. The minimum Gasteiger partial charge on any atom is -0.353 e. The smallest absolute Gasteiger partial charge is 0.200 e. The Morgan fingerprint density at radius 1 is 1.64 bits per heavy atom. The van der Waals surface area contributed by atoms with E-state index in [-0.39, 0.29) is 0 Å². The maximum atomic E-state index is 4.21. The van der Waals surface area contributed by atoms with Gasteiger partial charge in [0.25, 0.3) is 0 Å². The molecule has 0 bridgehead atoms. The van der Waals surface area contributed by atoms with Gasteiger partial charge in [0.05, 0.1) is 0 Å². The minimum atomic E-state index is 0.486. The van der Waals surface area contributed by atoms with Crippen LogP contribution in [0.3, 0.4) is 0 Å². The molecule has 1 aromatic heterocycles. The zero-order valence-electron chi connectivity index (χ0n) is 9.13. The fourth-order valence-corrected chi connectivity index (χ4v) is 2.00. The molecular weight excluding hydrogens is 194 g/mol. The van der Waals surface area contributed by atoms with Crippen LogP contribution >= 0.6 is 11.8 Å². The second-order valence-electron chi connectivity index (χ2n) is 3.45. The number of hydrogen-bond donors (Lipinski definition) is 2. The fraction of sp³-hybridized carbons (Fsp3) is 0.700. The number of aromatic nitrogens is 2. The van der Waals surface area contributed by atoms with Crippen LogP contribution in [-0.2, 0) is 0 Å². The Balaban J connectivity index is 2.23. The van der Waals surface area contributed by atoms with Gasteiger partial charge in [-0.2, -0.15) is 11.8 Å². The maximum Gasteiger partial charge on any atom is 0.200 e. The van der Waals surface area contributed by atoms with E-state index in [4.69, 9.17) is 0 Å². The van der Waals surface area contributed by atoms with E-state index in [9.17, 15) is 0 Å². The van der Waals surface area contributed by atoms with Crippen LogP contribution in [-0.4, -0.2) is 27.5 Å². The van der Waals surface area contributed by atoms with Gasteiger partial charge in [-0.3, -0.25) is 0 Å². The standard InChI is InChI=1S/C10H19N3S/c1-4-14-6-5-8(2)12-10-11-7-9(3)13-10/h7-8H,4-6H2,1-3H3,(H2,11,12,13). The summed E-state index contributed by atoms with van der Waals surface area (Å²) < 4.78 is 0. The summed E-state index contributed by atoms with van der Waals surface area (Å²) >= 11 is 1.98. The van der Waals surface area contributed by atoms with E-state index in [1.165, 1.54) is 17.9 Å².